The van der Waals surface area contributed by atoms with Gasteiger partial charge in [0.05, 0.1) is 18.8 Å². The average Bonchev–Trinajstić information content (AvgIpc) is 2.29. The minimum atomic E-state index is -4.30. The minimum absolute atomic E-state index is 0.208. The third-order valence-electron chi connectivity index (χ3n) is 2.30. The number of rotatable bonds is 5. The molecule has 0 N–H and O–H groups in total. The van der Waals surface area contributed by atoms with E-state index in [1.165, 1.54) is 6.07 Å². The molecule has 18 heavy (non-hydrogen) atoms. The van der Waals surface area contributed by atoms with Crippen molar-refractivity contribution < 1.29 is 17.9 Å². The van der Waals surface area contributed by atoms with Gasteiger partial charge in [-0.3, -0.25) is 0 Å². The van der Waals surface area contributed by atoms with Crippen LogP contribution in [0.4, 0.5) is 13.2 Å². The van der Waals surface area contributed by atoms with Crippen molar-refractivity contribution in [1.29, 1.82) is 0 Å². The highest BCUT2D eigenvalue weighted by molar-refractivity contribution is 14.1. The minimum Gasteiger partial charge on any atom is -0.376 e. The summed E-state index contributed by atoms with van der Waals surface area (Å²) in [5.41, 5.74) is -0.0547. The molecule has 100 valence electrons. The fourth-order valence-corrected chi connectivity index (χ4v) is 1.85. The van der Waals surface area contributed by atoms with E-state index in [9.17, 15) is 13.2 Å². The van der Waals surface area contributed by atoms with Crippen LogP contribution in [0.5, 0.6) is 0 Å². The highest BCUT2D eigenvalue weighted by atomic mass is 127. The van der Waals surface area contributed by atoms with Crippen molar-refractivity contribution in [2.75, 3.05) is 6.61 Å². The number of halogens is 4. The van der Waals surface area contributed by atoms with Gasteiger partial charge in [-0.1, -0.05) is 12.2 Å². The van der Waals surface area contributed by atoms with Gasteiger partial charge in [-0.05, 0) is 59.7 Å². The van der Waals surface area contributed by atoms with Crippen LogP contribution < -0.4 is 0 Å². The quantitative estimate of drug-likeness (QED) is 0.411. The van der Waals surface area contributed by atoms with E-state index < -0.39 is 11.7 Å². The molecule has 5 heteroatoms. The number of benzene rings is 1. The Kier molecular flexibility index (Phi) is 6.14. The summed E-state index contributed by atoms with van der Waals surface area (Å²) in [7, 11) is 0. The Hall–Kier alpha value is -0.560. The van der Waals surface area contributed by atoms with Crippen LogP contribution in [0.1, 0.15) is 24.5 Å². The van der Waals surface area contributed by atoms with Gasteiger partial charge in [0.15, 0.2) is 0 Å². The van der Waals surface area contributed by atoms with Crippen LogP contribution in [-0.2, 0) is 17.5 Å². The molecule has 1 aromatic carbocycles. The van der Waals surface area contributed by atoms with E-state index in [2.05, 4.69) is 0 Å². The molecule has 0 aliphatic carbocycles. The van der Waals surface area contributed by atoms with E-state index in [1.807, 2.05) is 41.7 Å². The van der Waals surface area contributed by atoms with Crippen LogP contribution >= 0.6 is 22.6 Å². The summed E-state index contributed by atoms with van der Waals surface area (Å²) >= 11 is 2.01. The first kappa shape index (κ1) is 15.5. The smallest absolute Gasteiger partial charge is 0.376 e. The van der Waals surface area contributed by atoms with Crippen LogP contribution in [-0.4, -0.2) is 6.61 Å². The molecule has 1 aromatic rings. The molecule has 0 bridgehead atoms. The zero-order chi connectivity index (χ0) is 13.6. The average molecular weight is 370 g/mol. The number of hydrogen-bond acceptors (Lipinski definition) is 1. The SMILES string of the molecule is C/C=C/CCOCc1cc(C(F)(F)F)ccc1I. The van der Waals surface area contributed by atoms with E-state index in [0.717, 1.165) is 22.1 Å². The van der Waals surface area contributed by atoms with Gasteiger partial charge in [0.2, 0.25) is 0 Å². The third-order valence-corrected chi connectivity index (χ3v) is 3.35. The molecular weight excluding hydrogens is 356 g/mol. The second-order valence-electron chi connectivity index (χ2n) is 3.71. The summed E-state index contributed by atoms with van der Waals surface area (Å²) in [5, 5.41) is 0. The summed E-state index contributed by atoms with van der Waals surface area (Å²) < 4.78 is 43.7. The van der Waals surface area contributed by atoms with Crippen molar-refractivity contribution >= 4 is 22.6 Å². The second-order valence-corrected chi connectivity index (χ2v) is 4.88. The van der Waals surface area contributed by atoms with Gasteiger partial charge in [-0.15, -0.1) is 0 Å². The zero-order valence-electron chi connectivity index (χ0n) is 9.93. The molecule has 0 fully saturated rings. The fraction of sp³-hybridized carbons (Fsp3) is 0.385. The first-order chi connectivity index (χ1) is 8.45. The van der Waals surface area contributed by atoms with Gasteiger partial charge in [-0.25, -0.2) is 0 Å². The summed E-state index contributed by atoms with van der Waals surface area (Å²) in [6.07, 6.45) is 0.338. The molecule has 0 amide bonds. The Labute approximate surface area is 118 Å². The Morgan fingerprint density at radius 1 is 1.33 bits per heavy atom. The van der Waals surface area contributed by atoms with E-state index in [-0.39, 0.29) is 6.61 Å². The lowest BCUT2D eigenvalue weighted by Crippen LogP contribution is -2.07. The zero-order valence-corrected chi connectivity index (χ0v) is 12.1. The lowest BCUT2D eigenvalue weighted by atomic mass is 10.1. The standard InChI is InChI=1S/C13H14F3IO/c1-2-3-4-7-18-9-10-8-11(13(14,15)16)5-6-12(10)17/h2-3,5-6,8H,4,7,9H2,1H3/b3-2+. The van der Waals surface area contributed by atoms with Gasteiger partial charge < -0.3 is 4.74 Å². The molecule has 0 aromatic heterocycles. The van der Waals surface area contributed by atoms with Crippen molar-refractivity contribution in [2.45, 2.75) is 26.1 Å². The molecule has 0 saturated carbocycles. The summed E-state index contributed by atoms with van der Waals surface area (Å²) in [4.78, 5) is 0. The molecule has 0 aliphatic rings. The summed E-state index contributed by atoms with van der Waals surface area (Å²) in [6.45, 7) is 2.63. The van der Waals surface area contributed by atoms with Crippen LogP contribution in [0.2, 0.25) is 0 Å². The van der Waals surface area contributed by atoms with Crippen molar-refractivity contribution in [2.24, 2.45) is 0 Å². The third kappa shape index (κ3) is 4.97. The van der Waals surface area contributed by atoms with Crippen LogP contribution in [0.3, 0.4) is 0 Å². The number of ether oxygens (including phenoxy) is 1. The molecule has 0 saturated heterocycles. The molecule has 1 nitrogen and oxygen atoms in total. The van der Waals surface area contributed by atoms with E-state index >= 15 is 0 Å². The Balaban J connectivity index is 2.64. The highest BCUT2D eigenvalue weighted by Gasteiger charge is 2.30. The molecule has 0 atom stereocenters. The van der Waals surface area contributed by atoms with E-state index in [4.69, 9.17) is 4.74 Å². The van der Waals surface area contributed by atoms with Crippen molar-refractivity contribution in [1.82, 2.24) is 0 Å². The molecule has 0 spiro atoms. The van der Waals surface area contributed by atoms with Gasteiger partial charge >= 0.3 is 6.18 Å². The van der Waals surface area contributed by atoms with E-state index in [1.54, 1.807) is 0 Å². The van der Waals surface area contributed by atoms with Gasteiger partial charge in [-0.2, -0.15) is 13.2 Å². The van der Waals surface area contributed by atoms with E-state index in [0.29, 0.717) is 12.2 Å². The normalized spacial score (nSPS) is 12.3. The first-order valence-corrected chi connectivity index (χ1v) is 6.57. The largest absolute Gasteiger partial charge is 0.416 e. The predicted octanol–water partition coefficient (Wildman–Crippen LogP) is 4.79. The molecule has 0 radical (unpaired) electrons. The van der Waals surface area contributed by atoms with Crippen LogP contribution in [0.15, 0.2) is 30.4 Å². The Morgan fingerprint density at radius 3 is 2.67 bits per heavy atom. The summed E-state index contributed by atoms with van der Waals surface area (Å²) in [5.74, 6) is 0. The number of alkyl halides is 3. The number of allylic oxidation sites excluding steroid dienone is 1. The van der Waals surface area contributed by atoms with Crippen LogP contribution in [0.25, 0.3) is 0 Å². The topological polar surface area (TPSA) is 9.23 Å². The molecule has 1 rings (SSSR count). The lowest BCUT2D eigenvalue weighted by Gasteiger charge is -2.10. The number of hydrogen-bond donors (Lipinski definition) is 0. The van der Waals surface area contributed by atoms with Crippen molar-refractivity contribution in [3.05, 3.63) is 45.0 Å². The lowest BCUT2D eigenvalue weighted by molar-refractivity contribution is -0.137. The second kappa shape index (κ2) is 7.13. The maximum Gasteiger partial charge on any atom is 0.416 e. The monoisotopic (exact) mass is 370 g/mol. The maximum atomic E-state index is 12.5. The Bertz CT molecular complexity index is 413. The molecular formula is C13H14F3IO. The van der Waals surface area contributed by atoms with Crippen molar-refractivity contribution in [3.63, 3.8) is 0 Å². The maximum absolute atomic E-state index is 12.5. The van der Waals surface area contributed by atoms with Gasteiger partial charge in [0.25, 0.3) is 0 Å². The van der Waals surface area contributed by atoms with Gasteiger partial charge in [0.1, 0.15) is 0 Å². The molecule has 0 heterocycles. The van der Waals surface area contributed by atoms with Crippen molar-refractivity contribution in [3.8, 4) is 0 Å². The summed E-state index contributed by atoms with van der Waals surface area (Å²) in [6, 6.07) is 3.70. The van der Waals surface area contributed by atoms with Gasteiger partial charge in [0, 0.05) is 3.57 Å². The first-order valence-electron chi connectivity index (χ1n) is 5.49. The van der Waals surface area contributed by atoms with Crippen LogP contribution in [0, 0.1) is 3.57 Å². The molecule has 0 unspecified atom stereocenters. The fourth-order valence-electron chi connectivity index (χ4n) is 1.36. The predicted molar refractivity (Wildman–Crippen MR) is 73.2 cm³/mol. The highest BCUT2D eigenvalue weighted by Crippen LogP contribution is 2.31. The Morgan fingerprint density at radius 2 is 2.06 bits per heavy atom. The molecule has 0 aliphatic heterocycles.